The lowest BCUT2D eigenvalue weighted by atomic mass is 9.78. The minimum absolute atomic E-state index is 0.0104. The number of aryl methyl sites for hydroxylation is 1. The van der Waals surface area contributed by atoms with Gasteiger partial charge in [-0.2, -0.15) is 0 Å². The van der Waals surface area contributed by atoms with Gasteiger partial charge in [-0.3, -0.25) is 4.79 Å². The van der Waals surface area contributed by atoms with Crippen molar-refractivity contribution in [3.8, 4) is 11.5 Å². The first-order chi connectivity index (χ1) is 15.2. The highest BCUT2D eigenvalue weighted by Gasteiger charge is 2.48. The van der Waals surface area contributed by atoms with Crippen LogP contribution in [0.3, 0.4) is 0 Å². The van der Waals surface area contributed by atoms with Gasteiger partial charge in [0.25, 0.3) is 0 Å². The molecule has 3 aromatic carbocycles. The molecule has 1 saturated heterocycles. The summed E-state index contributed by atoms with van der Waals surface area (Å²) in [6.07, 6.45) is 2.85. The fourth-order valence-electron chi connectivity index (χ4n) is 4.34. The van der Waals surface area contributed by atoms with E-state index in [1.807, 2.05) is 54.3 Å². The van der Waals surface area contributed by atoms with Gasteiger partial charge in [-0.25, -0.2) is 0 Å². The lowest BCUT2D eigenvalue weighted by Crippen LogP contribution is -2.55. The zero-order valence-corrected chi connectivity index (χ0v) is 18.2. The van der Waals surface area contributed by atoms with Crippen molar-refractivity contribution in [3.05, 3.63) is 90.0 Å². The summed E-state index contributed by atoms with van der Waals surface area (Å²) in [7, 11) is 1.65. The minimum atomic E-state index is -0.0104. The van der Waals surface area contributed by atoms with Gasteiger partial charge in [0.2, 0.25) is 5.91 Å². The molecule has 1 fully saturated rings. The molecule has 4 heteroatoms. The average Bonchev–Trinajstić information content (AvgIpc) is 2.82. The molecule has 0 saturated carbocycles. The molecule has 31 heavy (non-hydrogen) atoms. The second-order valence-electron chi connectivity index (χ2n) is 7.84. The van der Waals surface area contributed by atoms with Crippen molar-refractivity contribution in [3.63, 3.8) is 0 Å². The number of β-lactam (4-membered cyclic amide) rings is 1. The molecule has 0 bridgehead atoms. The summed E-state index contributed by atoms with van der Waals surface area (Å²) in [6.45, 7) is 2.62. The average molecular weight is 416 g/mol. The number of amides is 1. The fraction of sp³-hybridized carbons (Fsp3) is 0.296. The number of carbonyl (C=O) groups excluding carboxylic acids is 1. The molecule has 160 valence electrons. The Bertz CT molecular complexity index is 983. The molecule has 0 aromatic heterocycles. The van der Waals surface area contributed by atoms with Crippen LogP contribution in [0.25, 0.3) is 0 Å². The van der Waals surface area contributed by atoms with Crippen LogP contribution in [0, 0.1) is 5.92 Å². The molecule has 4 nitrogen and oxygen atoms in total. The van der Waals surface area contributed by atoms with E-state index in [4.69, 9.17) is 9.47 Å². The van der Waals surface area contributed by atoms with Crippen molar-refractivity contribution >= 4 is 11.6 Å². The smallest absolute Gasteiger partial charge is 0.233 e. The summed E-state index contributed by atoms with van der Waals surface area (Å²) in [5, 5.41) is 0. The van der Waals surface area contributed by atoms with Crippen LogP contribution in [0.4, 0.5) is 5.69 Å². The molecule has 1 amide bonds. The Balaban J connectivity index is 1.53. The van der Waals surface area contributed by atoms with Gasteiger partial charge in [0, 0.05) is 5.69 Å². The summed E-state index contributed by atoms with van der Waals surface area (Å²) in [5.41, 5.74) is 3.37. The number of nitrogens with zero attached hydrogens (tertiary/aromatic N) is 1. The van der Waals surface area contributed by atoms with E-state index < -0.39 is 0 Å². The molecule has 0 aliphatic carbocycles. The van der Waals surface area contributed by atoms with Crippen molar-refractivity contribution < 1.29 is 14.3 Å². The van der Waals surface area contributed by atoms with Gasteiger partial charge in [0.1, 0.15) is 11.5 Å². The number of hydrogen-bond acceptors (Lipinski definition) is 3. The number of ether oxygens (including phenoxy) is 2. The maximum Gasteiger partial charge on any atom is 0.233 e. The van der Waals surface area contributed by atoms with Crippen LogP contribution in [0.1, 0.15) is 36.9 Å². The highest BCUT2D eigenvalue weighted by Crippen LogP contribution is 2.46. The Hall–Kier alpha value is -3.27. The van der Waals surface area contributed by atoms with Crippen molar-refractivity contribution in [2.45, 2.75) is 32.2 Å². The van der Waals surface area contributed by atoms with Crippen LogP contribution in [-0.2, 0) is 11.2 Å². The van der Waals surface area contributed by atoms with Gasteiger partial charge in [-0.05, 0) is 73.7 Å². The fourth-order valence-corrected chi connectivity index (χ4v) is 4.34. The standard InChI is InChI=1S/C27H29NO3/c1-3-31-24-16-12-21(13-17-24)26-25(11-7-10-20-8-5-4-6-9-20)27(29)28(26)22-14-18-23(30-2)19-15-22/h4-6,8-9,12-19,25-26H,3,7,10-11H2,1-2H3/t25-,26+/m0/s1. The summed E-state index contributed by atoms with van der Waals surface area (Å²) in [5.74, 6) is 1.82. The van der Waals surface area contributed by atoms with Crippen LogP contribution in [0.5, 0.6) is 11.5 Å². The second kappa shape index (κ2) is 9.69. The molecule has 0 N–H and O–H groups in total. The third-order valence-electron chi connectivity index (χ3n) is 5.92. The minimum Gasteiger partial charge on any atom is -0.497 e. The highest BCUT2D eigenvalue weighted by molar-refractivity contribution is 6.03. The van der Waals surface area contributed by atoms with Gasteiger partial charge < -0.3 is 14.4 Å². The molecule has 1 heterocycles. The van der Waals surface area contributed by atoms with Crippen molar-refractivity contribution in [1.29, 1.82) is 0 Å². The number of methoxy groups -OCH3 is 1. The lowest BCUT2D eigenvalue weighted by molar-refractivity contribution is -0.130. The van der Waals surface area contributed by atoms with Crippen molar-refractivity contribution in [1.82, 2.24) is 0 Å². The Morgan fingerprint density at radius 1 is 0.871 bits per heavy atom. The maximum absolute atomic E-state index is 13.2. The first kappa shape index (κ1) is 21.0. The molecule has 0 radical (unpaired) electrons. The molecule has 0 unspecified atom stereocenters. The van der Waals surface area contributed by atoms with Gasteiger partial charge in [0.15, 0.2) is 0 Å². The van der Waals surface area contributed by atoms with E-state index in [1.54, 1.807) is 7.11 Å². The number of anilines is 1. The van der Waals surface area contributed by atoms with E-state index in [-0.39, 0.29) is 17.9 Å². The molecule has 4 rings (SSSR count). The Morgan fingerprint density at radius 2 is 1.55 bits per heavy atom. The largest absolute Gasteiger partial charge is 0.497 e. The first-order valence-electron chi connectivity index (χ1n) is 10.9. The summed E-state index contributed by atoms with van der Waals surface area (Å²) in [4.78, 5) is 15.1. The molecular formula is C27H29NO3. The Labute approximate surface area is 184 Å². The van der Waals surface area contributed by atoms with Gasteiger partial charge >= 0.3 is 0 Å². The van der Waals surface area contributed by atoms with Crippen LogP contribution in [-0.4, -0.2) is 19.6 Å². The SMILES string of the molecule is CCOc1ccc([C@@H]2[C@H](CCCc3ccccc3)C(=O)N2c2ccc(OC)cc2)cc1. The van der Waals surface area contributed by atoms with E-state index >= 15 is 0 Å². The predicted octanol–water partition coefficient (Wildman–Crippen LogP) is 5.82. The zero-order valence-electron chi connectivity index (χ0n) is 18.2. The van der Waals surface area contributed by atoms with Crippen LogP contribution in [0.15, 0.2) is 78.9 Å². The number of carbonyl (C=O) groups is 1. The van der Waals surface area contributed by atoms with E-state index in [0.717, 1.165) is 42.0 Å². The van der Waals surface area contributed by atoms with E-state index in [1.165, 1.54) is 5.56 Å². The topological polar surface area (TPSA) is 38.8 Å². The van der Waals surface area contributed by atoms with Gasteiger partial charge in [-0.15, -0.1) is 0 Å². The summed E-state index contributed by atoms with van der Waals surface area (Å²) >= 11 is 0. The van der Waals surface area contributed by atoms with E-state index in [2.05, 4.69) is 36.4 Å². The lowest BCUT2D eigenvalue weighted by Gasteiger charge is -2.47. The molecular weight excluding hydrogens is 386 g/mol. The third-order valence-corrected chi connectivity index (χ3v) is 5.92. The molecule has 2 atom stereocenters. The predicted molar refractivity (Wildman–Crippen MR) is 124 cm³/mol. The molecule has 3 aromatic rings. The van der Waals surface area contributed by atoms with Gasteiger partial charge in [-0.1, -0.05) is 42.5 Å². The Kier molecular flexibility index (Phi) is 6.56. The quantitative estimate of drug-likeness (QED) is 0.413. The van der Waals surface area contributed by atoms with Crippen LogP contribution >= 0.6 is 0 Å². The second-order valence-corrected chi connectivity index (χ2v) is 7.84. The highest BCUT2D eigenvalue weighted by atomic mass is 16.5. The summed E-state index contributed by atoms with van der Waals surface area (Å²) < 4.78 is 10.9. The number of hydrogen-bond donors (Lipinski definition) is 0. The summed E-state index contributed by atoms with van der Waals surface area (Å²) in [6, 6.07) is 26.4. The normalized spacial score (nSPS) is 17.9. The third kappa shape index (κ3) is 4.58. The van der Waals surface area contributed by atoms with Crippen LogP contribution in [0.2, 0.25) is 0 Å². The van der Waals surface area contributed by atoms with Crippen molar-refractivity contribution in [2.24, 2.45) is 5.92 Å². The monoisotopic (exact) mass is 415 g/mol. The zero-order chi connectivity index (χ0) is 21.6. The van der Waals surface area contributed by atoms with E-state index in [9.17, 15) is 4.79 Å². The van der Waals surface area contributed by atoms with E-state index in [0.29, 0.717) is 6.61 Å². The first-order valence-corrected chi connectivity index (χ1v) is 10.9. The maximum atomic E-state index is 13.2. The molecule has 1 aliphatic rings. The van der Waals surface area contributed by atoms with Gasteiger partial charge in [0.05, 0.1) is 25.7 Å². The Morgan fingerprint density at radius 3 is 2.19 bits per heavy atom. The molecule has 1 aliphatic heterocycles. The number of benzene rings is 3. The van der Waals surface area contributed by atoms with Crippen LogP contribution < -0.4 is 14.4 Å². The number of rotatable bonds is 9. The van der Waals surface area contributed by atoms with Crippen molar-refractivity contribution in [2.75, 3.05) is 18.6 Å². The molecule has 0 spiro atoms.